The zero-order valence-electron chi connectivity index (χ0n) is 15.1. The number of ether oxygens (including phenoxy) is 1. The molecule has 6 heteroatoms. The van der Waals surface area contributed by atoms with Crippen LogP contribution in [0.25, 0.3) is 0 Å². The monoisotopic (exact) mass is 380 g/mol. The molecule has 0 unspecified atom stereocenters. The first kappa shape index (κ1) is 18.7. The van der Waals surface area contributed by atoms with Crippen LogP contribution in [0.3, 0.4) is 0 Å². The SMILES string of the molecule is Cc1cccc(Oc2ccc(NC(=O)CNC(=O)c3ccc(C)s3)cc2)c1. The Kier molecular flexibility index (Phi) is 5.88. The summed E-state index contributed by atoms with van der Waals surface area (Å²) < 4.78 is 5.78. The predicted molar refractivity (Wildman–Crippen MR) is 108 cm³/mol. The van der Waals surface area contributed by atoms with E-state index >= 15 is 0 Å². The molecule has 0 fully saturated rings. The van der Waals surface area contributed by atoms with Gasteiger partial charge in [0.05, 0.1) is 11.4 Å². The van der Waals surface area contributed by atoms with Crippen LogP contribution in [0.5, 0.6) is 11.5 Å². The lowest BCUT2D eigenvalue weighted by Crippen LogP contribution is -2.32. The van der Waals surface area contributed by atoms with Crippen LogP contribution in [0.15, 0.2) is 60.7 Å². The number of carbonyl (C=O) groups excluding carboxylic acids is 2. The number of amides is 2. The van der Waals surface area contributed by atoms with Crippen LogP contribution < -0.4 is 15.4 Å². The molecule has 0 bridgehead atoms. The number of benzene rings is 2. The minimum Gasteiger partial charge on any atom is -0.457 e. The number of aryl methyl sites for hydroxylation is 2. The quantitative estimate of drug-likeness (QED) is 0.660. The van der Waals surface area contributed by atoms with E-state index in [1.807, 2.05) is 44.2 Å². The first-order valence-electron chi connectivity index (χ1n) is 8.49. The van der Waals surface area contributed by atoms with Crippen molar-refractivity contribution in [2.45, 2.75) is 13.8 Å². The van der Waals surface area contributed by atoms with Gasteiger partial charge in [-0.1, -0.05) is 12.1 Å². The van der Waals surface area contributed by atoms with Crippen molar-refractivity contribution in [3.05, 3.63) is 76.0 Å². The fourth-order valence-electron chi connectivity index (χ4n) is 2.43. The first-order valence-corrected chi connectivity index (χ1v) is 9.30. The molecule has 0 saturated heterocycles. The van der Waals surface area contributed by atoms with E-state index in [1.165, 1.54) is 11.3 Å². The van der Waals surface area contributed by atoms with E-state index in [0.29, 0.717) is 16.3 Å². The molecular formula is C21H20N2O3S. The van der Waals surface area contributed by atoms with Gasteiger partial charge in [0.15, 0.2) is 0 Å². The Morgan fingerprint density at radius 3 is 2.41 bits per heavy atom. The van der Waals surface area contributed by atoms with Gasteiger partial charge >= 0.3 is 0 Å². The Morgan fingerprint density at radius 2 is 1.74 bits per heavy atom. The molecule has 0 aliphatic carbocycles. The molecule has 0 radical (unpaired) electrons. The van der Waals surface area contributed by atoms with Crippen LogP contribution in [0.2, 0.25) is 0 Å². The molecule has 138 valence electrons. The standard InChI is InChI=1S/C21H20N2O3S/c1-14-4-3-5-18(12-14)26-17-9-7-16(8-10-17)23-20(24)13-22-21(25)19-11-6-15(2)27-19/h3-12H,13H2,1-2H3,(H,22,25)(H,23,24). The van der Waals surface area contributed by atoms with Crippen molar-refractivity contribution in [1.82, 2.24) is 5.32 Å². The van der Waals surface area contributed by atoms with Crippen LogP contribution in [0, 0.1) is 13.8 Å². The molecule has 3 aromatic rings. The van der Waals surface area contributed by atoms with Gasteiger partial charge in [0.1, 0.15) is 11.5 Å². The molecule has 2 amide bonds. The third-order valence-corrected chi connectivity index (χ3v) is 4.74. The number of hydrogen-bond donors (Lipinski definition) is 2. The van der Waals surface area contributed by atoms with Gasteiger partial charge in [-0.2, -0.15) is 0 Å². The second kappa shape index (κ2) is 8.51. The zero-order chi connectivity index (χ0) is 19.2. The second-order valence-electron chi connectivity index (χ2n) is 6.08. The first-order chi connectivity index (χ1) is 13.0. The Morgan fingerprint density at radius 1 is 0.963 bits per heavy atom. The fourth-order valence-corrected chi connectivity index (χ4v) is 3.21. The van der Waals surface area contributed by atoms with Crippen LogP contribution in [0.1, 0.15) is 20.1 Å². The lowest BCUT2D eigenvalue weighted by Gasteiger charge is -2.09. The van der Waals surface area contributed by atoms with Crippen molar-refractivity contribution < 1.29 is 14.3 Å². The van der Waals surface area contributed by atoms with Gasteiger partial charge < -0.3 is 15.4 Å². The molecular weight excluding hydrogens is 360 g/mol. The number of hydrogen-bond acceptors (Lipinski definition) is 4. The number of thiophene rings is 1. The van der Waals surface area contributed by atoms with Crippen LogP contribution in [-0.2, 0) is 4.79 Å². The summed E-state index contributed by atoms with van der Waals surface area (Å²) in [7, 11) is 0. The van der Waals surface area contributed by atoms with Crippen molar-refractivity contribution in [2.24, 2.45) is 0 Å². The summed E-state index contributed by atoms with van der Waals surface area (Å²) >= 11 is 1.40. The van der Waals surface area contributed by atoms with Crippen molar-refractivity contribution in [1.29, 1.82) is 0 Å². The highest BCUT2D eigenvalue weighted by Crippen LogP contribution is 2.23. The van der Waals surface area contributed by atoms with E-state index in [2.05, 4.69) is 10.6 Å². The van der Waals surface area contributed by atoms with Crippen LogP contribution in [0.4, 0.5) is 5.69 Å². The van der Waals surface area contributed by atoms with Gasteiger partial charge in [-0.15, -0.1) is 11.3 Å². The lowest BCUT2D eigenvalue weighted by atomic mass is 10.2. The van der Waals surface area contributed by atoms with Gasteiger partial charge in [-0.05, 0) is 67.9 Å². The van der Waals surface area contributed by atoms with Crippen molar-refractivity contribution in [2.75, 3.05) is 11.9 Å². The summed E-state index contributed by atoms with van der Waals surface area (Å²) in [6, 6.07) is 18.5. The lowest BCUT2D eigenvalue weighted by molar-refractivity contribution is -0.115. The third kappa shape index (κ3) is 5.43. The molecule has 0 saturated carbocycles. The Labute approximate surface area is 162 Å². The molecule has 0 spiro atoms. The maximum Gasteiger partial charge on any atom is 0.261 e. The molecule has 5 nitrogen and oxygen atoms in total. The van der Waals surface area contributed by atoms with E-state index in [9.17, 15) is 9.59 Å². The topological polar surface area (TPSA) is 67.4 Å². The van der Waals surface area contributed by atoms with Gasteiger partial charge in [0.2, 0.25) is 5.91 Å². The van der Waals surface area contributed by atoms with E-state index in [0.717, 1.165) is 16.2 Å². The minimum atomic E-state index is -0.288. The number of anilines is 1. The van der Waals surface area contributed by atoms with E-state index in [1.54, 1.807) is 30.3 Å². The van der Waals surface area contributed by atoms with Crippen molar-refractivity contribution in [3.8, 4) is 11.5 Å². The summed E-state index contributed by atoms with van der Waals surface area (Å²) in [6.07, 6.45) is 0. The Hall–Kier alpha value is -3.12. The van der Waals surface area contributed by atoms with Crippen LogP contribution in [-0.4, -0.2) is 18.4 Å². The highest BCUT2D eigenvalue weighted by molar-refractivity contribution is 7.13. The summed E-state index contributed by atoms with van der Waals surface area (Å²) in [5.74, 6) is 0.910. The molecule has 0 atom stereocenters. The van der Waals surface area contributed by atoms with Gasteiger partial charge in [-0.25, -0.2) is 0 Å². The largest absolute Gasteiger partial charge is 0.457 e. The molecule has 1 heterocycles. The summed E-state index contributed by atoms with van der Waals surface area (Å²) in [5, 5.41) is 5.36. The molecule has 2 aromatic carbocycles. The molecule has 27 heavy (non-hydrogen) atoms. The predicted octanol–water partition coefficient (Wildman–Crippen LogP) is 4.53. The second-order valence-corrected chi connectivity index (χ2v) is 7.37. The fraction of sp³-hybridized carbons (Fsp3) is 0.143. The highest BCUT2D eigenvalue weighted by atomic mass is 32.1. The van der Waals surface area contributed by atoms with E-state index < -0.39 is 0 Å². The average Bonchev–Trinajstić information content (AvgIpc) is 3.08. The van der Waals surface area contributed by atoms with Gasteiger partial charge in [0.25, 0.3) is 5.91 Å². The minimum absolute atomic E-state index is 0.0860. The zero-order valence-corrected chi connectivity index (χ0v) is 15.9. The summed E-state index contributed by atoms with van der Waals surface area (Å²) in [6.45, 7) is 3.85. The number of carbonyl (C=O) groups is 2. The van der Waals surface area contributed by atoms with Gasteiger partial charge in [0, 0.05) is 10.6 Å². The van der Waals surface area contributed by atoms with E-state index in [-0.39, 0.29) is 18.4 Å². The van der Waals surface area contributed by atoms with Crippen molar-refractivity contribution in [3.63, 3.8) is 0 Å². The number of nitrogens with one attached hydrogen (secondary N) is 2. The summed E-state index contributed by atoms with van der Waals surface area (Å²) in [5.41, 5.74) is 1.76. The summed E-state index contributed by atoms with van der Waals surface area (Å²) in [4.78, 5) is 25.6. The van der Waals surface area contributed by atoms with Crippen molar-refractivity contribution >= 4 is 28.8 Å². The molecule has 0 aliphatic rings. The average molecular weight is 380 g/mol. The Bertz CT molecular complexity index is 948. The van der Waals surface area contributed by atoms with Crippen LogP contribution >= 0.6 is 11.3 Å². The maximum absolute atomic E-state index is 12.0. The third-order valence-electron chi connectivity index (χ3n) is 3.74. The molecule has 3 rings (SSSR count). The molecule has 2 N–H and O–H groups in total. The van der Waals surface area contributed by atoms with Gasteiger partial charge in [-0.3, -0.25) is 9.59 Å². The molecule has 1 aromatic heterocycles. The normalized spacial score (nSPS) is 10.3. The Balaban J connectivity index is 1.50. The molecule has 0 aliphatic heterocycles. The van der Waals surface area contributed by atoms with E-state index in [4.69, 9.17) is 4.74 Å². The highest BCUT2D eigenvalue weighted by Gasteiger charge is 2.10. The smallest absolute Gasteiger partial charge is 0.261 e. The number of rotatable bonds is 6. The maximum atomic E-state index is 12.0.